The first-order chi connectivity index (χ1) is 19.5. The SMILES string of the molecule is CCOc1cc(COc2ccc(Br)cc2/C=C2\C(=O)N(c3ccccc3)N=C2C)ccc1OCc1ccccc1. The normalized spacial score (nSPS) is 13.9. The second-order valence-corrected chi connectivity index (χ2v) is 10.1. The van der Waals surface area contributed by atoms with Gasteiger partial charge in [0.25, 0.3) is 5.91 Å². The van der Waals surface area contributed by atoms with Crippen LogP contribution in [0.15, 0.2) is 112 Å². The van der Waals surface area contributed by atoms with Crippen molar-refractivity contribution in [1.82, 2.24) is 0 Å². The Morgan fingerprint density at radius 3 is 2.20 bits per heavy atom. The van der Waals surface area contributed by atoms with E-state index in [-0.39, 0.29) is 5.91 Å². The molecule has 6 nitrogen and oxygen atoms in total. The second kappa shape index (κ2) is 12.7. The smallest absolute Gasteiger partial charge is 0.280 e. The number of ether oxygens (including phenoxy) is 3. The first-order valence-electron chi connectivity index (χ1n) is 13.0. The molecule has 0 radical (unpaired) electrons. The standard InChI is InChI=1S/C33H29BrN2O4/c1-3-38-32-18-25(14-16-31(32)40-21-24-10-6-4-7-11-24)22-39-30-17-15-27(34)19-26(30)20-29-23(2)35-36(33(29)37)28-12-8-5-9-13-28/h4-20H,3,21-22H2,1-2H3/b29-20-. The molecule has 0 saturated heterocycles. The second-order valence-electron chi connectivity index (χ2n) is 9.16. The van der Waals surface area contributed by atoms with E-state index in [0.29, 0.717) is 48.4 Å². The molecule has 1 heterocycles. The van der Waals surface area contributed by atoms with Gasteiger partial charge in [0.1, 0.15) is 19.0 Å². The predicted octanol–water partition coefficient (Wildman–Crippen LogP) is 7.81. The van der Waals surface area contributed by atoms with Crippen LogP contribution in [0.2, 0.25) is 0 Å². The van der Waals surface area contributed by atoms with Gasteiger partial charge in [-0.3, -0.25) is 4.79 Å². The summed E-state index contributed by atoms with van der Waals surface area (Å²) in [6, 6.07) is 31.0. The van der Waals surface area contributed by atoms with Gasteiger partial charge in [-0.05, 0) is 73.5 Å². The molecule has 1 amide bonds. The van der Waals surface area contributed by atoms with Gasteiger partial charge in [-0.2, -0.15) is 10.1 Å². The van der Waals surface area contributed by atoms with E-state index >= 15 is 0 Å². The van der Waals surface area contributed by atoms with E-state index < -0.39 is 0 Å². The molecular weight excluding hydrogens is 568 g/mol. The quantitative estimate of drug-likeness (QED) is 0.175. The zero-order chi connectivity index (χ0) is 27.9. The summed E-state index contributed by atoms with van der Waals surface area (Å²) in [6.07, 6.45) is 1.83. The van der Waals surface area contributed by atoms with E-state index in [0.717, 1.165) is 26.9 Å². The lowest BCUT2D eigenvalue weighted by Crippen LogP contribution is -2.21. The van der Waals surface area contributed by atoms with Crippen LogP contribution >= 0.6 is 15.9 Å². The highest BCUT2D eigenvalue weighted by molar-refractivity contribution is 9.10. The number of amides is 1. The Morgan fingerprint density at radius 2 is 1.45 bits per heavy atom. The highest BCUT2D eigenvalue weighted by Gasteiger charge is 2.29. The Balaban J connectivity index is 1.33. The molecule has 40 heavy (non-hydrogen) atoms. The largest absolute Gasteiger partial charge is 0.490 e. The lowest BCUT2D eigenvalue weighted by molar-refractivity contribution is -0.114. The van der Waals surface area contributed by atoms with Crippen molar-refractivity contribution in [2.24, 2.45) is 5.10 Å². The Kier molecular flexibility index (Phi) is 8.62. The van der Waals surface area contributed by atoms with Gasteiger partial charge in [0.2, 0.25) is 0 Å². The molecule has 0 saturated carbocycles. The summed E-state index contributed by atoms with van der Waals surface area (Å²) in [7, 11) is 0. The molecule has 1 aliphatic rings. The fraction of sp³-hybridized carbons (Fsp3) is 0.152. The summed E-state index contributed by atoms with van der Waals surface area (Å²) >= 11 is 3.55. The Morgan fingerprint density at radius 1 is 0.775 bits per heavy atom. The number of rotatable bonds is 10. The molecule has 0 aromatic heterocycles. The van der Waals surface area contributed by atoms with Crippen LogP contribution in [-0.4, -0.2) is 18.2 Å². The van der Waals surface area contributed by atoms with Gasteiger partial charge in [-0.15, -0.1) is 0 Å². The van der Waals surface area contributed by atoms with Crippen molar-refractivity contribution in [3.63, 3.8) is 0 Å². The maximum Gasteiger partial charge on any atom is 0.280 e. The van der Waals surface area contributed by atoms with Crippen LogP contribution in [0, 0.1) is 0 Å². The number of carbonyl (C=O) groups excluding carboxylic acids is 1. The lowest BCUT2D eigenvalue weighted by atomic mass is 10.1. The van der Waals surface area contributed by atoms with Crippen LogP contribution in [0.3, 0.4) is 0 Å². The van der Waals surface area contributed by atoms with Crippen LogP contribution in [0.5, 0.6) is 17.2 Å². The monoisotopic (exact) mass is 596 g/mol. The highest BCUT2D eigenvalue weighted by atomic mass is 79.9. The minimum absolute atomic E-state index is 0.179. The molecule has 0 fully saturated rings. The average Bonchev–Trinajstić information content (AvgIpc) is 3.26. The minimum atomic E-state index is -0.179. The number of anilines is 1. The lowest BCUT2D eigenvalue weighted by Gasteiger charge is -2.15. The number of halogens is 1. The van der Waals surface area contributed by atoms with Gasteiger partial charge < -0.3 is 14.2 Å². The Hall–Kier alpha value is -4.36. The molecule has 1 aliphatic heterocycles. The number of hydrogen-bond donors (Lipinski definition) is 0. The van der Waals surface area contributed by atoms with E-state index in [4.69, 9.17) is 14.2 Å². The number of benzene rings is 4. The summed E-state index contributed by atoms with van der Waals surface area (Å²) in [5.41, 5.74) is 4.68. The van der Waals surface area contributed by atoms with Crippen molar-refractivity contribution in [3.05, 3.63) is 124 Å². The van der Waals surface area contributed by atoms with Crippen LogP contribution < -0.4 is 19.2 Å². The van der Waals surface area contributed by atoms with Gasteiger partial charge in [-0.1, -0.05) is 70.5 Å². The van der Waals surface area contributed by atoms with E-state index in [9.17, 15) is 4.79 Å². The summed E-state index contributed by atoms with van der Waals surface area (Å²) in [4.78, 5) is 13.2. The van der Waals surface area contributed by atoms with Gasteiger partial charge in [0.05, 0.1) is 23.6 Å². The average molecular weight is 598 g/mol. The van der Waals surface area contributed by atoms with Crippen LogP contribution in [0.25, 0.3) is 6.08 Å². The molecule has 4 aromatic rings. The molecule has 7 heteroatoms. The van der Waals surface area contributed by atoms with Gasteiger partial charge in [-0.25, -0.2) is 0 Å². The van der Waals surface area contributed by atoms with Crippen molar-refractivity contribution in [3.8, 4) is 17.2 Å². The van der Waals surface area contributed by atoms with Crippen LogP contribution in [-0.2, 0) is 18.0 Å². The van der Waals surface area contributed by atoms with Gasteiger partial charge >= 0.3 is 0 Å². The van der Waals surface area contributed by atoms with Crippen molar-refractivity contribution < 1.29 is 19.0 Å². The third kappa shape index (κ3) is 6.43. The number of carbonyl (C=O) groups is 1. The number of hydrazone groups is 1. The summed E-state index contributed by atoms with van der Waals surface area (Å²) < 4.78 is 19.0. The fourth-order valence-corrected chi connectivity index (χ4v) is 4.65. The topological polar surface area (TPSA) is 60.4 Å². The van der Waals surface area contributed by atoms with Gasteiger partial charge in [0.15, 0.2) is 11.5 Å². The molecule has 0 unspecified atom stereocenters. The molecule has 0 spiro atoms. The Bertz CT molecular complexity index is 1550. The molecule has 0 N–H and O–H groups in total. The van der Waals surface area contributed by atoms with Crippen molar-refractivity contribution in [1.29, 1.82) is 0 Å². The maximum atomic E-state index is 13.2. The third-order valence-electron chi connectivity index (χ3n) is 6.27. The van der Waals surface area contributed by atoms with E-state index in [1.165, 1.54) is 5.01 Å². The molecule has 4 aromatic carbocycles. The predicted molar refractivity (Wildman–Crippen MR) is 162 cm³/mol. The molecule has 202 valence electrons. The van der Waals surface area contributed by atoms with Crippen LogP contribution in [0.1, 0.15) is 30.5 Å². The zero-order valence-corrected chi connectivity index (χ0v) is 23.9. The Labute approximate surface area is 242 Å². The number of para-hydroxylation sites is 1. The zero-order valence-electron chi connectivity index (χ0n) is 22.3. The van der Waals surface area contributed by atoms with Crippen molar-refractivity contribution in [2.45, 2.75) is 27.1 Å². The molecule has 5 rings (SSSR count). The van der Waals surface area contributed by atoms with Crippen molar-refractivity contribution >= 4 is 39.3 Å². The highest BCUT2D eigenvalue weighted by Crippen LogP contribution is 2.32. The van der Waals surface area contributed by atoms with Gasteiger partial charge in [0, 0.05) is 10.0 Å². The maximum absolute atomic E-state index is 13.2. The molecule has 0 atom stereocenters. The van der Waals surface area contributed by atoms with Crippen LogP contribution in [0.4, 0.5) is 5.69 Å². The van der Waals surface area contributed by atoms with E-state index in [2.05, 4.69) is 21.0 Å². The molecular formula is C33H29BrN2O4. The third-order valence-corrected chi connectivity index (χ3v) is 6.77. The minimum Gasteiger partial charge on any atom is -0.490 e. The molecule has 0 bridgehead atoms. The van der Waals surface area contributed by atoms with Crippen molar-refractivity contribution in [2.75, 3.05) is 11.6 Å². The number of hydrogen-bond acceptors (Lipinski definition) is 5. The summed E-state index contributed by atoms with van der Waals surface area (Å²) in [5, 5.41) is 5.91. The molecule has 0 aliphatic carbocycles. The fourth-order valence-electron chi connectivity index (χ4n) is 4.27. The first-order valence-corrected chi connectivity index (χ1v) is 13.8. The number of nitrogens with zero attached hydrogens (tertiary/aromatic N) is 2. The van der Waals surface area contributed by atoms with E-state index in [1.807, 2.05) is 117 Å². The summed E-state index contributed by atoms with van der Waals surface area (Å²) in [6.45, 7) is 5.07. The van der Waals surface area contributed by atoms with E-state index in [1.54, 1.807) is 0 Å². The summed E-state index contributed by atoms with van der Waals surface area (Å²) in [5.74, 6) is 1.82. The first kappa shape index (κ1) is 27.2.